The molecule has 0 aliphatic carbocycles. The van der Waals surface area contributed by atoms with E-state index in [1.807, 2.05) is 30.3 Å². The monoisotopic (exact) mass is 162 g/mol. The van der Waals surface area contributed by atoms with Gasteiger partial charge in [-0.25, -0.2) is 0 Å². The summed E-state index contributed by atoms with van der Waals surface area (Å²) in [4.78, 5) is 10.7. The van der Waals surface area contributed by atoms with Crippen molar-refractivity contribution in [1.82, 2.24) is 0 Å². The van der Waals surface area contributed by atoms with Gasteiger partial charge in [-0.2, -0.15) is 0 Å². The molecule has 1 rings (SSSR count). The molecule has 2 nitrogen and oxygen atoms in total. The zero-order valence-electron chi connectivity index (χ0n) is 6.91. The van der Waals surface area contributed by atoms with Crippen LogP contribution in [0.5, 0.6) is 0 Å². The standard InChI is InChI=1S/C10H10O2/c1-2-10(11)12-8-9-6-4-3-5-7-9/h3-7H,8H2,1H3. The molecular weight excluding hydrogens is 152 g/mol. The normalized spacial score (nSPS) is 9.42. The number of hydrogen-bond donors (Lipinski definition) is 0. The molecule has 0 heterocycles. The molecule has 0 spiro atoms. The maximum atomic E-state index is 10.7. The van der Waals surface area contributed by atoms with Gasteiger partial charge in [0.05, 0.1) is 6.42 Å². The van der Waals surface area contributed by atoms with Gasteiger partial charge in [0, 0.05) is 0 Å². The highest BCUT2D eigenvalue weighted by atomic mass is 16.5. The van der Waals surface area contributed by atoms with E-state index in [4.69, 9.17) is 4.74 Å². The summed E-state index contributed by atoms with van der Waals surface area (Å²) < 4.78 is 4.83. The Morgan fingerprint density at radius 1 is 1.42 bits per heavy atom. The molecule has 1 aromatic carbocycles. The van der Waals surface area contributed by atoms with E-state index in [0.29, 0.717) is 6.61 Å². The van der Waals surface area contributed by atoms with E-state index in [1.165, 1.54) is 6.92 Å². The number of carbonyl (C=O) groups is 1. The first kappa shape index (κ1) is 8.78. The first-order valence-corrected chi connectivity index (χ1v) is 3.71. The number of carbonyl (C=O) groups excluding carboxylic acids is 1. The fraction of sp³-hybridized carbons (Fsp3) is 0.200. The molecule has 0 unspecified atom stereocenters. The summed E-state index contributed by atoms with van der Waals surface area (Å²) in [6.45, 7) is 1.86. The Morgan fingerprint density at radius 2 is 2.08 bits per heavy atom. The summed E-state index contributed by atoms with van der Waals surface area (Å²) in [6.07, 6.45) is 2.37. The van der Waals surface area contributed by atoms with E-state index in [2.05, 4.69) is 6.42 Å². The van der Waals surface area contributed by atoms with Gasteiger partial charge < -0.3 is 4.74 Å². The van der Waals surface area contributed by atoms with Gasteiger partial charge >= 0.3 is 5.97 Å². The fourth-order valence-corrected chi connectivity index (χ4v) is 0.795. The lowest BCUT2D eigenvalue weighted by Crippen LogP contribution is -2.02. The van der Waals surface area contributed by atoms with E-state index < -0.39 is 5.97 Å². The van der Waals surface area contributed by atoms with Crippen LogP contribution in [0.15, 0.2) is 30.3 Å². The van der Waals surface area contributed by atoms with E-state index >= 15 is 0 Å². The predicted octanol–water partition coefficient (Wildman–Crippen LogP) is 1.83. The average Bonchev–Trinajstić information content (AvgIpc) is 2.16. The van der Waals surface area contributed by atoms with Gasteiger partial charge in [-0.1, -0.05) is 30.3 Å². The van der Waals surface area contributed by atoms with E-state index in [1.54, 1.807) is 0 Å². The van der Waals surface area contributed by atoms with Crippen molar-refractivity contribution in [2.75, 3.05) is 0 Å². The van der Waals surface area contributed by atoms with Gasteiger partial charge in [0.1, 0.15) is 6.61 Å². The second kappa shape index (κ2) is 4.54. The molecule has 0 aliphatic heterocycles. The third-order valence-electron chi connectivity index (χ3n) is 1.42. The highest BCUT2D eigenvalue weighted by Gasteiger charge is 1.98. The molecule has 0 atom stereocenters. The smallest absolute Gasteiger partial charge is 0.314 e. The molecule has 0 aliphatic rings. The summed E-state index contributed by atoms with van der Waals surface area (Å²) in [5, 5.41) is 0. The van der Waals surface area contributed by atoms with Crippen LogP contribution >= 0.6 is 0 Å². The van der Waals surface area contributed by atoms with Gasteiger partial charge in [-0.3, -0.25) is 4.79 Å². The van der Waals surface area contributed by atoms with Gasteiger partial charge in [0.2, 0.25) is 0 Å². The minimum Gasteiger partial charge on any atom is -0.460 e. The third kappa shape index (κ3) is 2.74. The zero-order chi connectivity index (χ0) is 8.81. The second-order valence-electron chi connectivity index (χ2n) is 2.31. The number of ether oxygens (including phenoxy) is 1. The Labute approximate surface area is 72.2 Å². The molecule has 0 amide bonds. The van der Waals surface area contributed by atoms with Crippen molar-refractivity contribution in [2.45, 2.75) is 13.5 Å². The molecule has 0 saturated carbocycles. The minimum atomic E-state index is -0.404. The molecule has 62 valence electrons. The van der Waals surface area contributed by atoms with Crippen molar-refractivity contribution in [1.29, 1.82) is 0 Å². The summed E-state index contributed by atoms with van der Waals surface area (Å²) in [5.74, 6) is -0.404. The van der Waals surface area contributed by atoms with Crippen LogP contribution in [0, 0.1) is 6.42 Å². The quantitative estimate of drug-likeness (QED) is 0.634. The Kier molecular flexibility index (Phi) is 3.33. The van der Waals surface area contributed by atoms with Crippen LogP contribution in [-0.2, 0) is 16.1 Å². The van der Waals surface area contributed by atoms with Crippen LogP contribution in [0.25, 0.3) is 0 Å². The molecule has 0 bridgehead atoms. The lowest BCUT2D eigenvalue weighted by molar-refractivity contribution is -0.140. The third-order valence-corrected chi connectivity index (χ3v) is 1.42. The largest absolute Gasteiger partial charge is 0.460 e. The maximum absolute atomic E-state index is 10.7. The molecule has 0 saturated heterocycles. The number of hydrogen-bond acceptors (Lipinski definition) is 2. The maximum Gasteiger partial charge on any atom is 0.314 e. The van der Waals surface area contributed by atoms with Crippen molar-refractivity contribution in [2.24, 2.45) is 0 Å². The molecule has 0 aromatic heterocycles. The predicted molar refractivity (Wildman–Crippen MR) is 45.2 cm³/mol. The van der Waals surface area contributed by atoms with Crippen LogP contribution in [0.1, 0.15) is 12.5 Å². The molecular formula is C10H10O2. The molecule has 2 radical (unpaired) electrons. The van der Waals surface area contributed by atoms with Crippen LogP contribution in [0.2, 0.25) is 0 Å². The van der Waals surface area contributed by atoms with Gasteiger partial charge in [-0.15, -0.1) is 0 Å². The van der Waals surface area contributed by atoms with E-state index in [-0.39, 0.29) is 0 Å². The first-order valence-electron chi connectivity index (χ1n) is 3.71. The van der Waals surface area contributed by atoms with E-state index in [9.17, 15) is 4.79 Å². The topological polar surface area (TPSA) is 26.3 Å². The van der Waals surface area contributed by atoms with Crippen molar-refractivity contribution in [3.8, 4) is 0 Å². The Hall–Kier alpha value is -1.31. The van der Waals surface area contributed by atoms with Crippen molar-refractivity contribution < 1.29 is 9.53 Å². The molecule has 0 fully saturated rings. The summed E-state index contributed by atoms with van der Waals surface area (Å²) in [7, 11) is 0. The SMILES string of the molecule is C[C]C(=O)OCc1ccccc1. The van der Waals surface area contributed by atoms with E-state index in [0.717, 1.165) is 5.56 Å². The van der Waals surface area contributed by atoms with Gasteiger partial charge in [0.25, 0.3) is 0 Å². The van der Waals surface area contributed by atoms with Crippen molar-refractivity contribution >= 4 is 5.97 Å². The molecule has 0 N–H and O–H groups in total. The summed E-state index contributed by atoms with van der Waals surface area (Å²) in [5.41, 5.74) is 0.987. The van der Waals surface area contributed by atoms with Crippen LogP contribution in [0.3, 0.4) is 0 Å². The van der Waals surface area contributed by atoms with Gasteiger partial charge in [-0.05, 0) is 12.5 Å². The Morgan fingerprint density at radius 3 is 2.67 bits per heavy atom. The number of esters is 1. The second-order valence-corrected chi connectivity index (χ2v) is 2.31. The molecule has 12 heavy (non-hydrogen) atoms. The Balaban J connectivity index is 2.38. The Bertz CT molecular complexity index is 241. The lowest BCUT2D eigenvalue weighted by Gasteiger charge is -2.01. The minimum absolute atomic E-state index is 0.320. The number of rotatable bonds is 3. The summed E-state index contributed by atoms with van der Waals surface area (Å²) in [6, 6.07) is 9.54. The van der Waals surface area contributed by atoms with Crippen molar-refractivity contribution in [3.63, 3.8) is 0 Å². The van der Waals surface area contributed by atoms with Crippen LogP contribution in [0.4, 0.5) is 0 Å². The molecule has 2 heteroatoms. The number of benzene rings is 1. The lowest BCUT2D eigenvalue weighted by atomic mass is 10.2. The highest BCUT2D eigenvalue weighted by Crippen LogP contribution is 2.00. The van der Waals surface area contributed by atoms with Crippen LogP contribution in [-0.4, -0.2) is 5.97 Å². The molecule has 1 aromatic rings. The zero-order valence-corrected chi connectivity index (χ0v) is 6.91. The average molecular weight is 162 g/mol. The van der Waals surface area contributed by atoms with Crippen molar-refractivity contribution in [3.05, 3.63) is 42.3 Å². The first-order chi connectivity index (χ1) is 5.83. The van der Waals surface area contributed by atoms with Gasteiger partial charge in [0.15, 0.2) is 0 Å². The fourth-order valence-electron chi connectivity index (χ4n) is 0.795. The highest BCUT2D eigenvalue weighted by molar-refractivity contribution is 5.78. The summed E-state index contributed by atoms with van der Waals surface area (Å²) >= 11 is 0. The van der Waals surface area contributed by atoms with Crippen LogP contribution < -0.4 is 0 Å².